The van der Waals surface area contributed by atoms with Crippen LogP contribution in [0.4, 0.5) is 5.69 Å². The van der Waals surface area contributed by atoms with Crippen molar-refractivity contribution in [1.29, 1.82) is 0 Å². The number of carbonyl (C=O) groups excluding carboxylic acids is 1. The highest BCUT2D eigenvalue weighted by atomic mass is 16.4. The predicted octanol–water partition coefficient (Wildman–Crippen LogP) is 0.595. The van der Waals surface area contributed by atoms with E-state index >= 15 is 0 Å². The average Bonchev–Trinajstić information content (AvgIpc) is 2.49. The molecule has 0 aliphatic carbocycles. The van der Waals surface area contributed by atoms with Crippen LogP contribution in [0.1, 0.15) is 10.4 Å². The molecule has 1 aliphatic heterocycles. The van der Waals surface area contributed by atoms with E-state index in [1.54, 1.807) is 24.1 Å². The van der Waals surface area contributed by atoms with Crippen molar-refractivity contribution in [3.8, 4) is 0 Å². The summed E-state index contributed by atoms with van der Waals surface area (Å²) in [7, 11) is 3.80. The van der Waals surface area contributed by atoms with E-state index in [9.17, 15) is 9.59 Å². The molecule has 1 amide bonds. The van der Waals surface area contributed by atoms with Gasteiger partial charge in [-0.05, 0) is 31.3 Å². The van der Waals surface area contributed by atoms with Crippen molar-refractivity contribution < 1.29 is 14.7 Å². The summed E-state index contributed by atoms with van der Waals surface area (Å²) >= 11 is 0. The molecule has 1 fully saturated rings. The van der Waals surface area contributed by atoms with Gasteiger partial charge in [0.2, 0.25) is 5.91 Å². The van der Waals surface area contributed by atoms with Gasteiger partial charge in [0.1, 0.15) is 0 Å². The Labute approximate surface area is 124 Å². The number of piperazine rings is 1. The molecule has 114 valence electrons. The normalized spacial score (nSPS) is 16.7. The van der Waals surface area contributed by atoms with Gasteiger partial charge < -0.3 is 14.9 Å². The molecular formula is C15H21N3O3. The Balaban J connectivity index is 1.94. The standard InChI is InChI=1S/C15H21N3O3/c1-16-7-9-18(10-8-16)11-14(19)17(2)13-5-3-12(4-6-13)15(20)21/h3-6H,7-11H2,1-2H3,(H,20,21). The molecule has 0 saturated carbocycles. The number of hydrogen-bond donors (Lipinski definition) is 1. The number of carbonyl (C=O) groups is 2. The summed E-state index contributed by atoms with van der Waals surface area (Å²) < 4.78 is 0. The first-order chi connectivity index (χ1) is 9.97. The first-order valence-electron chi connectivity index (χ1n) is 6.98. The van der Waals surface area contributed by atoms with Gasteiger partial charge in [-0.15, -0.1) is 0 Å². The van der Waals surface area contributed by atoms with Crippen molar-refractivity contribution >= 4 is 17.6 Å². The Morgan fingerprint density at radius 3 is 2.24 bits per heavy atom. The fourth-order valence-corrected chi connectivity index (χ4v) is 2.27. The molecule has 1 aromatic carbocycles. The van der Waals surface area contributed by atoms with Crippen LogP contribution in [0.5, 0.6) is 0 Å². The Bertz CT molecular complexity index is 507. The van der Waals surface area contributed by atoms with Gasteiger partial charge in [-0.1, -0.05) is 0 Å². The van der Waals surface area contributed by atoms with E-state index in [4.69, 9.17) is 5.11 Å². The molecule has 21 heavy (non-hydrogen) atoms. The van der Waals surface area contributed by atoms with Crippen molar-refractivity contribution in [2.24, 2.45) is 0 Å². The minimum absolute atomic E-state index is 0.0163. The topological polar surface area (TPSA) is 64.1 Å². The summed E-state index contributed by atoms with van der Waals surface area (Å²) in [5.41, 5.74) is 0.929. The first-order valence-corrected chi connectivity index (χ1v) is 6.98. The number of carboxylic acid groups (broad SMARTS) is 1. The molecule has 0 aromatic heterocycles. The van der Waals surface area contributed by atoms with E-state index in [1.807, 2.05) is 0 Å². The summed E-state index contributed by atoms with van der Waals surface area (Å²) in [6.45, 7) is 4.14. The number of carboxylic acids is 1. The van der Waals surface area contributed by atoms with Crippen LogP contribution in [-0.2, 0) is 4.79 Å². The molecule has 6 nitrogen and oxygen atoms in total. The SMILES string of the molecule is CN1CCN(CC(=O)N(C)c2ccc(C(=O)O)cc2)CC1. The number of rotatable bonds is 4. The second kappa shape index (κ2) is 6.69. The Hall–Kier alpha value is -1.92. The summed E-state index contributed by atoms with van der Waals surface area (Å²) in [5.74, 6) is -0.949. The van der Waals surface area contributed by atoms with Gasteiger partial charge in [0.05, 0.1) is 12.1 Å². The lowest BCUT2D eigenvalue weighted by Gasteiger charge is -2.32. The minimum Gasteiger partial charge on any atom is -0.478 e. The maximum absolute atomic E-state index is 12.3. The van der Waals surface area contributed by atoms with E-state index < -0.39 is 5.97 Å². The highest BCUT2D eigenvalue weighted by Crippen LogP contribution is 2.14. The third-order valence-corrected chi connectivity index (χ3v) is 3.83. The van der Waals surface area contributed by atoms with Gasteiger partial charge in [-0.2, -0.15) is 0 Å². The molecular weight excluding hydrogens is 270 g/mol. The van der Waals surface area contributed by atoms with Gasteiger partial charge in [0.25, 0.3) is 0 Å². The maximum atomic E-state index is 12.3. The highest BCUT2D eigenvalue weighted by molar-refractivity contribution is 5.95. The van der Waals surface area contributed by atoms with Gasteiger partial charge >= 0.3 is 5.97 Å². The molecule has 2 rings (SSSR count). The van der Waals surface area contributed by atoms with Crippen molar-refractivity contribution in [2.45, 2.75) is 0 Å². The number of amides is 1. The number of nitrogens with zero attached hydrogens (tertiary/aromatic N) is 3. The van der Waals surface area contributed by atoms with Crippen LogP contribution in [0.3, 0.4) is 0 Å². The zero-order chi connectivity index (χ0) is 15.4. The van der Waals surface area contributed by atoms with Gasteiger partial charge in [-0.3, -0.25) is 9.69 Å². The van der Waals surface area contributed by atoms with Gasteiger partial charge in [-0.25, -0.2) is 4.79 Å². The summed E-state index contributed by atoms with van der Waals surface area (Å²) in [5, 5.41) is 8.87. The zero-order valence-corrected chi connectivity index (χ0v) is 12.5. The molecule has 1 heterocycles. The molecule has 0 unspecified atom stereocenters. The van der Waals surface area contributed by atoms with Crippen LogP contribution in [0.25, 0.3) is 0 Å². The maximum Gasteiger partial charge on any atom is 0.335 e. The Morgan fingerprint density at radius 1 is 1.14 bits per heavy atom. The third-order valence-electron chi connectivity index (χ3n) is 3.83. The number of benzene rings is 1. The Morgan fingerprint density at radius 2 is 1.71 bits per heavy atom. The molecule has 1 aromatic rings. The number of aromatic carboxylic acids is 1. The van der Waals surface area contributed by atoms with Crippen LogP contribution in [0.15, 0.2) is 24.3 Å². The quantitative estimate of drug-likeness (QED) is 0.880. The lowest BCUT2D eigenvalue weighted by atomic mass is 10.2. The van der Waals surface area contributed by atoms with Crippen molar-refractivity contribution in [2.75, 3.05) is 51.7 Å². The third kappa shape index (κ3) is 4.03. The molecule has 1 saturated heterocycles. The fourth-order valence-electron chi connectivity index (χ4n) is 2.27. The van der Waals surface area contributed by atoms with Crippen LogP contribution >= 0.6 is 0 Å². The van der Waals surface area contributed by atoms with Crippen LogP contribution < -0.4 is 4.90 Å². The van der Waals surface area contributed by atoms with E-state index in [2.05, 4.69) is 16.8 Å². The highest BCUT2D eigenvalue weighted by Gasteiger charge is 2.19. The van der Waals surface area contributed by atoms with Crippen molar-refractivity contribution in [3.63, 3.8) is 0 Å². The summed E-state index contributed by atoms with van der Waals surface area (Å²) in [4.78, 5) is 29.0. The van der Waals surface area contributed by atoms with Gasteiger partial charge in [0, 0.05) is 38.9 Å². The zero-order valence-electron chi connectivity index (χ0n) is 12.5. The van der Waals surface area contributed by atoms with E-state index in [1.165, 1.54) is 12.1 Å². The minimum atomic E-state index is -0.965. The smallest absolute Gasteiger partial charge is 0.335 e. The molecule has 0 bridgehead atoms. The number of hydrogen-bond acceptors (Lipinski definition) is 4. The molecule has 1 N–H and O–H groups in total. The van der Waals surface area contributed by atoms with Crippen LogP contribution in [0, 0.1) is 0 Å². The molecule has 6 heteroatoms. The lowest BCUT2D eigenvalue weighted by molar-refractivity contribution is -0.119. The number of likely N-dealkylation sites (N-methyl/N-ethyl adjacent to an activating group) is 2. The monoisotopic (exact) mass is 291 g/mol. The predicted molar refractivity (Wildman–Crippen MR) is 80.7 cm³/mol. The van der Waals surface area contributed by atoms with Crippen LogP contribution in [-0.4, -0.2) is 73.6 Å². The largest absolute Gasteiger partial charge is 0.478 e. The Kier molecular flexibility index (Phi) is 4.93. The summed E-state index contributed by atoms with van der Waals surface area (Å²) in [6, 6.07) is 6.34. The average molecular weight is 291 g/mol. The van der Waals surface area contributed by atoms with Crippen molar-refractivity contribution in [3.05, 3.63) is 29.8 Å². The number of anilines is 1. The van der Waals surface area contributed by atoms with E-state index in [-0.39, 0.29) is 11.5 Å². The second-order valence-electron chi connectivity index (χ2n) is 5.38. The van der Waals surface area contributed by atoms with Crippen molar-refractivity contribution in [1.82, 2.24) is 9.80 Å². The summed E-state index contributed by atoms with van der Waals surface area (Å²) in [6.07, 6.45) is 0. The molecule has 1 aliphatic rings. The van der Waals surface area contributed by atoms with E-state index in [0.717, 1.165) is 26.2 Å². The van der Waals surface area contributed by atoms with Crippen LogP contribution in [0.2, 0.25) is 0 Å². The molecule has 0 radical (unpaired) electrons. The second-order valence-corrected chi connectivity index (χ2v) is 5.38. The van der Waals surface area contributed by atoms with Gasteiger partial charge in [0.15, 0.2) is 0 Å². The lowest BCUT2D eigenvalue weighted by Crippen LogP contribution is -2.48. The molecule has 0 spiro atoms. The fraction of sp³-hybridized carbons (Fsp3) is 0.467. The first kappa shape index (κ1) is 15.5. The van der Waals surface area contributed by atoms with E-state index in [0.29, 0.717) is 12.2 Å². The molecule has 0 atom stereocenters.